The zero-order valence-electron chi connectivity index (χ0n) is 15.5. The van der Waals surface area contributed by atoms with Gasteiger partial charge >= 0.3 is 0 Å². The number of imidazole rings is 1. The van der Waals surface area contributed by atoms with E-state index in [1.165, 1.54) is 6.33 Å². The van der Waals surface area contributed by atoms with Crippen LogP contribution >= 0.6 is 0 Å². The Hall–Kier alpha value is -3.39. The number of H-pyrrole nitrogens is 1. The zero-order valence-corrected chi connectivity index (χ0v) is 15.5. The van der Waals surface area contributed by atoms with Crippen molar-refractivity contribution in [2.45, 2.75) is 26.4 Å². The number of nitrogens with one attached hydrogen (secondary N) is 1. The Morgan fingerprint density at radius 1 is 1.18 bits per heavy atom. The molecule has 4 aromatic rings. The maximum absolute atomic E-state index is 12.7. The molecule has 0 atom stereocenters. The Balaban J connectivity index is 1.43. The van der Waals surface area contributed by atoms with Crippen LogP contribution < -0.4 is 5.56 Å². The first-order valence-electron chi connectivity index (χ1n) is 9.21. The molecule has 28 heavy (non-hydrogen) atoms. The van der Waals surface area contributed by atoms with E-state index in [4.69, 9.17) is 4.98 Å². The number of rotatable bonds is 3. The van der Waals surface area contributed by atoms with Crippen molar-refractivity contribution in [3.63, 3.8) is 0 Å². The molecule has 0 radical (unpaired) electrons. The van der Waals surface area contributed by atoms with Crippen LogP contribution in [0.5, 0.6) is 0 Å². The van der Waals surface area contributed by atoms with Crippen LogP contribution in [-0.4, -0.2) is 40.8 Å². The number of aromatic amines is 1. The first-order chi connectivity index (χ1) is 13.7. The van der Waals surface area contributed by atoms with Gasteiger partial charge in [0.05, 0.1) is 28.0 Å². The van der Waals surface area contributed by atoms with E-state index >= 15 is 0 Å². The van der Waals surface area contributed by atoms with Gasteiger partial charge in [0.1, 0.15) is 18.0 Å². The fraction of sp³-hybridized carbons (Fsp3) is 0.250. The van der Waals surface area contributed by atoms with Crippen molar-refractivity contribution in [3.8, 4) is 11.4 Å². The van der Waals surface area contributed by atoms with E-state index in [0.29, 0.717) is 24.5 Å². The van der Waals surface area contributed by atoms with E-state index in [1.54, 1.807) is 12.4 Å². The van der Waals surface area contributed by atoms with Gasteiger partial charge in [-0.05, 0) is 19.1 Å². The molecular formula is C20H19N7O. The highest BCUT2D eigenvalue weighted by Crippen LogP contribution is 2.21. The molecule has 8 heteroatoms. The van der Waals surface area contributed by atoms with Crippen LogP contribution in [0.2, 0.25) is 0 Å². The molecule has 8 nitrogen and oxygen atoms in total. The third-order valence-corrected chi connectivity index (χ3v) is 5.16. The zero-order chi connectivity index (χ0) is 19.1. The van der Waals surface area contributed by atoms with E-state index in [0.717, 1.165) is 41.3 Å². The molecular weight excluding hydrogens is 354 g/mol. The van der Waals surface area contributed by atoms with Gasteiger partial charge < -0.3 is 9.38 Å². The van der Waals surface area contributed by atoms with Crippen molar-refractivity contribution >= 4 is 5.52 Å². The lowest BCUT2D eigenvalue weighted by Gasteiger charge is -2.27. The SMILES string of the molecule is Cc1nc(CN2CCc3nc(-c4cncnc4)[nH]c(=O)c3C2)c2ccccn12. The first-order valence-corrected chi connectivity index (χ1v) is 9.21. The Labute approximate surface area is 161 Å². The molecule has 140 valence electrons. The summed E-state index contributed by atoms with van der Waals surface area (Å²) in [5, 5.41) is 0. The predicted octanol–water partition coefficient (Wildman–Crippen LogP) is 1.74. The number of aromatic nitrogens is 6. The quantitative estimate of drug-likeness (QED) is 0.588. The van der Waals surface area contributed by atoms with Gasteiger partial charge in [0.15, 0.2) is 0 Å². The Bertz CT molecular complexity index is 1210. The molecule has 1 N–H and O–H groups in total. The highest BCUT2D eigenvalue weighted by atomic mass is 16.1. The number of pyridine rings is 1. The van der Waals surface area contributed by atoms with Gasteiger partial charge in [-0.15, -0.1) is 0 Å². The number of hydrogen-bond donors (Lipinski definition) is 1. The number of hydrogen-bond acceptors (Lipinski definition) is 6. The van der Waals surface area contributed by atoms with Gasteiger partial charge in [0, 0.05) is 44.6 Å². The Kier molecular flexibility index (Phi) is 3.98. The molecule has 0 aliphatic carbocycles. The van der Waals surface area contributed by atoms with Crippen molar-refractivity contribution in [1.29, 1.82) is 0 Å². The summed E-state index contributed by atoms with van der Waals surface area (Å²) < 4.78 is 2.09. The lowest BCUT2D eigenvalue weighted by molar-refractivity contribution is 0.240. The molecule has 5 heterocycles. The summed E-state index contributed by atoms with van der Waals surface area (Å²) in [4.78, 5) is 35.2. The molecule has 5 rings (SSSR count). The van der Waals surface area contributed by atoms with Gasteiger partial charge in [-0.3, -0.25) is 9.69 Å². The summed E-state index contributed by atoms with van der Waals surface area (Å²) in [6, 6.07) is 6.11. The Morgan fingerprint density at radius 2 is 2.04 bits per heavy atom. The third kappa shape index (κ3) is 2.87. The van der Waals surface area contributed by atoms with E-state index in [-0.39, 0.29) is 5.56 Å². The van der Waals surface area contributed by atoms with Crippen LogP contribution in [0.3, 0.4) is 0 Å². The van der Waals surface area contributed by atoms with Gasteiger partial charge in [-0.1, -0.05) is 6.07 Å². The maximum atomic E-state index is 12.7. The standard InChI is InChI=1S/C20H19N7O/c1-13-23-17(18-4-2-3-6-27(13)18)11-26-7-5-16-15(10-26)20(28)25-19(24-16)14-8-21-12-22-9-14/h2-4,6,8-9,12H,5,7,10-11H2,1H3,(H,24,25,28). The minimum Gasteiger partial charge on any atom is -0.306 e. The second-order valence-electron chi connectivity index (χ2n) is 6.99. The summed E-state index contributed by atoms with van der Waals surface area (Å²) in [6.07, 6.45) is 7.51. The topological polar surface area (TPSA) is 92.1 Å². The average molecular weight is 373 g/mol. The van der Waals surface area contributed by atoms with Crippen molar-refractivity contribution in [1.82, 2.24) is 34.2 Å². The fourth-order valence-electron chi connectivity index (χ4n) is 3.77. The lowest BCUT2D eigenvalue weighted by Crippen LogP contribution is -2.35. The maximum Gasteiger partial charge on any atom is 0.255 e. The second-order valence-corrected chi connectivity index (χ2v) is 6.99. The van der Waals surface area contributed by atoms with E-state index in [2.05, 4.69) is 35.3 Å². The third-order valence-electron chi connectivity index (χ3n) is 5.16. The van der Waals surface area contributed by atoms with Crippen molar-refractivity contribution in [3.05, 3.63) is 76.2 Å². The van der Waals surface area contributed by atoms with E-state index in [9.17, 15) is 4.79 Å². The van der Waals surface area contributed by atoms with Crippen molar-refractivity contribution < 1.29 is 0 Å². The largest absolute Gasteiger partial charge is 0.306 e. The van der Waals surface area contributed by atoms with Crippen LogP contribution in [-0.2, 0) is 19.5 Å². The van der Waals surface area contributed by atoms with Crippen molar-refractivity contribution in [2.24, 2.45) is 0 Å². The van der Waals surface area contributed by atoms with Crippen LogP contribution in [0, 0.1) is 6.92 Å². The molecule has 0 amide bonds. The Morgan fingerprint density at radius 3 is 2.89 bits per heavy atom. The lowest BCUT2D eigenvalue weighted by atomic mass is 10.1. The van der Waals surface area contributed by atoms with Crippen LogP contribution in [0.15, 0.2) is 47.9 Å². The molecule has 0 fully saturated rings. The van der Waals surface area contributed by atoms with Gasteiger partial charge in [0.2, 0.25) is 0 Å². The predicted molar refractivity (Wildman–Crippen MR) is 104 cm³/mol. The van der Waals surface area contributed by atoms with Gasteiger partial charge in [-0.2, -0.15) is 0 Å². The van der Waals surface area contributed by atoms with Gasteiger partial charge in [0.25, 0.3) is 5.56 Å². The summed E-state index contributed by atoms with van der Waals surface area (Å²) in [6.45, 7) is 4.10. The summed E-state index contributed by atoms with van der Waals surface area (Å²) >= 11 is 0. The van der Waals surface area contributed by atoms with Crippen molar-refractivity contribution in [2.75, 3.05) is 6.54 Å². The summed E-state index contributed by atoms with van der Waals surface area (Å²) in [7, 11) is 0. The molecule has 0 aromatic carbocycles. The average Bonchev–Trinajstić information content (AvgIpc) is 3.05. The number of nitrogens with zero attached hydrogens (tertiary/aromatic N) is 6. The smallest absolute Gasteiger partial charge is 0.255 e. The van der Waals surface area contributed by atoms with E-state index in [1.807, 2.05) is 25.3 Å². The second kappa shape index (κ2) is 6.65. The van der Waals surface area contributed by atoms with Crippen LogP contribution in [0.25, 0.3) is 16.9 Å². The molecule has 0 saturated carbocycles. The molecule has 4 aromatic heterocycles. The fourth-order valence-corrected chi connectivity index (χ4v) is 3.77. The molecule has 0 saturated heterocycles. The highest BCUT2D eigenvalue weighted by molar-refractivity contribution is 5.53. The molecule has 1 aliphatic heterocycles. The first kappa shape index (κ1) is 16.8. The van der Waals surface area contributed by atoms with Crippen LogP contribution in [0.1, 0.15) is 22.8 Å². The van der Waals surface area contributed by atoms with E-state index < -0.39 is 0 Å². The van der Waals surface area contributed by atoms with Crippen LogP contribution in [0.4, 0.5) is 0 Å². The highest BCUT2D eigenvalue weighted by Gasteiger charge is 2.23. The number of aryl methyl sites for hydroxylation is 1. The summed E-state index contributed by atoms with van der Waals surface area (Å²) in [5.41, 5.74) is 4.34. The minimum absolute atomic E-state index is 0.0977. The molecule has 1 aliphatic rings. The molecule has 0 spiro atoms. The summed E-state index contributed by atoms with van der Waals surface area (Å²) in [5.74, 6) is 1.49. The molecule has 0 unspecified atom stereocenters. The van der Waals surface area contributed by atoms with Gasteiger partial charge in [-0.25, -0.2) is 19.9 Å². The molecule has 0 bridgehead atoms. The normalized spacial score (nSPS) is 14.3. The monoisotopic (exact) mass is 373 g/mol. The minimum atomic E-state index is -0.0977. The number of fused-ring (bicyclic) bond motifs is 2.